The van der Waals surface area contributed by atoms with Crippen molar-refractivity contribution in [2.75, 3.05) is 31.4 Å². The van der Waals surface area contributed by atoms with Crippen molar-refractivity contribution in [3.63, 3.8) is 0 Å². The van der Waals surface area contributed by atoms with E-state index in [1.807, 2.05) is 0 Å². The first-order valence-corrected chi connectivity index (χ1v) is 6.86. The summed E-state index contributed by atoms with van der Waals surface area (Å²) in [6.45, 7) is -1.18. The van der Waals surface area contributed by atoms with Gasteiger partial charge in [-0.3, -0.25) is 4.79 Å². The molecule has 7 heteroatoms. The summed E-state index contributed by atoms with van der Waals surface area (Å²) in [7, 11) is 1.43. The Labute approximate surface area is 146 Å². The molecule has 1 fully saturated rings. The lowest BCUT2D eigenvalue weighted by Crippen LogP contribution is -2.53. The third-order valence-electron chi connectivity index (χ3n) is 3.58. The predicted molar refractivity (Wildman–Crippen MR) is 87.9 cm³/mol. The largest absolute Gasteiger partial charge is 0.354 e. The Hall–Kier alpha value is -2.62. The summed E-state index contributed by atoms with van der Waals surface area (Å²) in [5.41, 5.74) is 0.441. The molecule has 1 aliphatic rings. The Morgan fingerprint density at radius 2 is 2.52 bits per heavy atom. The van der Waals surface area contributed by atoms with Gasteiger partial charge in [-0.05, 0) is 18.4 Å². The summed E-state index contributed by atoms with van der Waals surface area (Å²) >= 11 is 0. The van der Waals surface area contributed by atoms with Gasteiger partial charge in [0.05, 0.1) is 14.2 Å². The molecule has 120 valence electrons. The number of nitrogens with one attached hydrogen (secondary N) is 1. The molecule has 0 spiro atoms. The van der Waals surface area contributed by atoms with Gasteiger partial charge >= 0.3 is 5.91 Å². The lowest BCUT2D eigenvalue weighted by atomic mass is 9.92. The normalized spacial score (nSPS) is 33.5. The van der Waals surface area contributed by atoms with Crippen LogP contribution in [0, 0.1) is 12.5 Å². The molecule has 0 bridgehead atoms. The lowest BCUT2D eigenvalue weighted by molar-refractivity contribution is -0.130. The summed E-state index contributed by atoms with van der Waals surface area (Å²) in [5, 5.41) is 0.497. The predicted octanol–water partition coefficient (Wildman–Crippen LogP) is 1.55. The van der Waals surface area contributed by atoms with Gasteiger partial charge < -0.3 is 19.6 Å². The molecule has 0 aromatic carbocycles. The van der Waals surface area contributed by atoms with Crippen molar-refractivity contribution in [1.82, 2.24) is 19.9 Å². The zero-order valence-corrected chi connectivity index (χ0v) is 12.5. The Balaban J connectivity index is 2.22. The van der Waals surface area contributed by atoms with E-state index < -0.39 is 43.7 Å². The van der Waals surface area contributed by atoms with Gasteiger partial charge in [0.2, 0.25) is 0 Å². The molecule has 0 radical (unpaired) electrons. The van der Waals surface area contributed by atoms with Crippen LogP contribution in [0.2, 0.25) is 0 Å². The molecule has 1 amide bonds. The number of aromatic amines is 1. The number of carbonyl (C=O) groups is 1. The number of anilines is 1. The minimum atomic E-state index is -3.27. The molecule has 2 atom stereocenters. The van der Waals surface area contributed by atoms with Gasteiger partial charge in [-0.15, -0.1) is 0 Å². The zero-order valence-electron chi connectivity index (χ0n) is 20.5. The van der Waals surface area contributed by atoms with E-state index in [4.69, 9.17) is 17.5 Å². The summed E-state index contributed by atoms with van der Waals surface area (Å²) in [6, 6.07) is 0.156. The fourth-order valence-electron chi connectivity index (χ4n) is 2.42. The van der Waals surface area contributed by atoms with Crippen molar-refractivity contribution in [3.8, 4) is 0 Å². The molecule has 2 aromatic heterocycles. The zero-order chi connectivity index (χ0) is 23.6. The molecule has 0 unspecified atom stereocenters. The smallest absolute Gasteiger partial charge is 0.302 e. The average molecular weight is 320 g/mol. The monoisotopic (exact) mass is 320 g/mol. The van der Waals surface area contributed by atoms with Crippen LogP contribution >= 0.6 is 0 Å². The van der Waals surface area contributed by atoms with Crippen molar-refractivity contribution >= 4 is 22.8 Å². The maximum Gasteiger partial charge on any atom is 0.302 e. The van der Waals surface area contributed by atoms with Gasteiger partial charge in [-0.25, -0.2) is 16.5 Å². The SMILES string of the molecule is [2H]C([2H])([N+]#[C-])C(=O)N1C([2H])([2H])[C@H](N(C)c2ncnc3[nH]ccc23)[C@H](C)C([2H])([2H])C1([2H])[2H]. The number of likely N-dealkylation sites (tertiary alicyclic amines) is 1. The van der Waals surface area contributed by atoms with E-state index in [-0.39, 0.29) is 10.7 Å². The van der Waals surface area contributed by atoms with E-state index in [0.29, 0.717) is 11.0 Å². The van der Waals surface area contributed by atoms with Crippen LogP contribution in [0.3, 0.4) is 0 Å². The van der Waals surface area contributed by atoms with E-state index in [2.05, 4.69) is 19.8 Å². The second-order valence-electron chi connectivity index (χ2n) is 5.03. The van der Waals surface area contributed by atoms with E-state index in [1.165, 1.54) is 25.2 Å². The molecule has 2 aromatic rings. The third kappa shape index (κ3) is 2.84. The Morgan fingerprint density at radius 3 is 3.30 bits per heavy atom. The lowest BCUT2D eigenvalue weighted by Gasteiger charge is -2.41. The molecular formula is C16H20N6O. The van der Waals surface area contributed by atoms with Crippen molar-refractivity contribution in [1.29, 1.82) is 0 Å². The van der Waals surface area contributed by atoms with E-state index in [0.717, 1.165) is 0 Å². The summed E-state index contributed by atoms with van der Waals surface area (Å²) in [6.07, 6.45) is 0.0193. The van der Waals surface area contributed by atoms with Crippen LogP contribution in [0.1, 0.15) is 24.3 Å². The Morgan fingerprint density at radius 1 is 1.70 bits per heavy atom. The number of aromatic nitrogens is 3. The van der Waals surface area contributed by atoms with Crippen LogP contribution in [-0.4, -0.2) is 58.3 Å². The molecule has 1 saturated heterocycles. The first-order chi connectivity index (χ1) is 14.1. The molecule has 0 saturated carbocycles. The van der Waals surface area contributed by atoms with Crippen molar-refractivity contribution in [2.45, 2.75) is 19.3 Å². The third-order valence-corrected chi connectivity index (χ3v) is 3.58. The molecule has 3 rings (SSSR count). The molecular weight excluding hydrogens is 292 g/mol. The van der Waals surface area contributed by atoms with Gasteiger partial charge in [0.25, 0.3) is 6.50 Å². The van der Waals surface area contributed by atoms with E-state index in [1.54, 1.807) is 12.3 Å². The van der Waals surface area contributed by atoms with E-state index >= 15 is 0 Å². The minimum Gasteiger partial charge on any atom is -0.354 e. The van der Waals surface area contributed by atoms with E-state index in [9.17, 15) is 4.79 Å². The fourth-order valence-corrected chi connectivity index (χ4v) is 2.42. The molecule has 23 heavy (non-hydrogen) atoms. The number of likely N-dealkylation sites (N-methyl/N-ethyl adjacent to an activating group) is 1. The number of rotatable bonds is 3. The van der Waals surface area contributed by atoms with Crippen LogP contribution in [-0.2, 0) is 4.79 Å². The maximum absolute atomic E-state index is 12.8. The second kappa shape index (κ2) is 6.24. The summed E-state index contributed by atoms with van der Waals surface area (Å²) < 4.78 is 65.7. The molecule has 1 aliphatic heterocycles. The number of amides is 1. The highest BCUT2D eigenvalue weighted by atomic mass is 16.2. The Bertz CT molecular complexity index is 1060. The fraction of sp³-hybridized carbons (Fsp3) is 0.500. The second-order valence-corrected chi connectivity index (χ2v) is 5.03. The van der Waals surface area contributed by atoms with Crippen LogP contribution in [0.15, 0.2) is 18.6 Å². The standard InChI is InChI=1S/C16H20N6O/c1-11-5-7-22(14(23)8-17-2)9-13(11)21(3)16-12-4-6-18-15(12)19-10-20-16/h4,6,10-11,13H,5,7-9H2,1,3H3,(H,18,19,20)/t11-,13+/m1/s1/i5D2,7D2,8D2,9D2. The number of nitrogens with zero attached hydrogens (tertiary/aromatic N) is 5. The van der Waals surface area contributed by atoms with Crippen molar-refractivity contribution < 1.29 is 15.8 Å². The minimum absolute atomic E-state index is 0.102. The van der Waals surface area contributed by atoms with Gasteiger partial charge in [0.15, 0.2) is 0 Å². The Kier molecular flexibility index (Phi) is 2.25. The average Bonchev–Trinajstić information content (AvgIpc) is 3.15. The van der Waals surface area contributed by atoms with Gasteiger partial charge in [-0.1, -0.05) is 6.92 Å². The topological polar surface area (TPSA) is 69.5 Å². The summed E-state index contributed by atoms with van der Waals surface area (Å²) in [5.74, 6) is -2.89. The van der Waals surface area contributed by atoms with Crippen LogP contribution in [0.25, 0.3) is 15.9 Å². The van der Waals surface area contributed by atoms with Crippen molar-refractivity contribution in [2.24, 2.45) is 5.92 Å². The number of hydrogen-bond donors (Lipinski definition) is 1. The number of piperidine rings is 1. The first-order valence-electron chi connectivity index (χ1n) is 10.9. The van der Waals surface area contributed by atoms with Gasteiger partial charge in [-0.2, -0.15) is 0 Å². The van der Waals surface area contributed by atoms with Crippen molar-refractivity contribution in [3.05, 3.63) is 30.0 Å². The molecule has 3 heterocycles. The highest BCUT2D eigenvalue weighted by Gasteiger charge is 2.33. The van der Waals surface area contributed by atoms with Gasteiger partial charge in [0.1, 0.15) is 20.5 Å². The number of fused-ring (bicyclic) bond motifs is 1. The van der Waals surface area contributed by atoms with Gasteiger partial charge in [0, 0.05) is 31.7 Å². The quantitative estimate of drug-likeness (QED) is 0.871. The van der Waals surface area contributed by atoms with Crippen LogP contribution in [0.4, 0.5) is 5.82 Å². The van der Waals surface area contributed by atoms with Crippen LogP contribution in [0.5, 0.6) is 0 Å². The highest BCUT2D eigenvalue weighted by Crippen LogP contribution is 2.28. The molecule has 1 N–H and O–H groups in total. The highest BCUT2D eigenvalue weighted by molar-refractivity contribution is 5.87. The maximum atomic E-state index is 12.8. The summed E-state index contributed by atoms with van der Waals surface area (Å²) in [4.78, 5) is 27.6. The molecule has 7 nitrogen and oxygen atoms in total. The first kappa shape index (κ1) is 8.29. The van der Waals surface area contributed by atoms with Crippen LogP contribution < -0.4 is 4.90 Å². The number of hydrogen-bond acceptors (Lipinski definition) is 4. The molecule has 0 aliphatic carbocycles. The number of H-pyrrole nitrogens is 1. The number of carbonyl (C=O) groups excluding carboxylic acids is 1.